The first kappa shape index (κ1) is 23.7. The molecule has 1 amide bonds. The number of imidazole rings is 1. The monoisotopic (exact) mass is 514 g/mol. The number of aromatic amines is 1. The predicted octanol–water partition coefficient (Wildman–Crippen LogP) is 1.79. The van der Waals surface area contributed by atoms with E-state index in [2.05, 4.69) is 24.9 Å². The Morgan fingerprint density at radius 1 is 1.03 bits per heavy atom. The highest BCUT2D eigenvalue weighted by atomic mass is 35.5. The Morgan fingerprint density at radius 3 is 2.39 bits per heavy atom. The van der Waals surface area contributed by atoms with Crippen molar-refractivity contribution in [3.8, 4) is 11.3 Å². The molecule has 0 saturated carbocycles. The molecule has 0 spiro atoms. The minimum Gasteiger partial charge on any atom is -0.379 e. The number of hydrogen-bond donors (Lipinski definition) is 1. The quantitative estimate of drug-likeness (QED) is 0.562. The summed E-state index contributed by atoms with van der Waals surface area (Å²) in [5.74, 6) is 0.205. The number of carbonyl (C=O) groups excluding carboxylic acids is 1. The summed E-state index contributed by atoms with van der Waals surface area (Å²) in [7, 11) is 1.85. The van der Waals surface area contributed by atoms with Crippen molar-refractivity contribution in [2.45, 2.75) is 18.9 Å². The zero-order chi connectivity index (χ0) is 24.6. The number of hydrogen-bond acceptors (Lipinski definition) is 8. The molecule has 3 fully saturated rings. The number of halogens is 1. The molecule has 1 N–H and O–H groups in total. The molecule has 0 aliphatic carbocycles. The molecule has 3 aliphatic heterocycles. The summed E-state index contributed by atoms with van der Waals surface area (Å²) in [6.45, 7) is 7.57. The summed E-state index contributed by atoms with van der Waals surface area (Å²) in [6, 6.07) is 0.504. The summed E-state index contributed by atoms with van der Waals surface area (Å²) >= 11 is 6.95. The molecule has 0 atom stereocenters. The van der Waals surface area contributed by atoms with Crippen molar-refractivity contribution in [1.29, 1.82) is 0 Å². The number of amides is 1. The van der Waals surface area contributed by atoms with Crippen LogP contribution in [0, 0.1) is 0 Å². The Morgan fingerprint density at radius 2 is 1.72 bits per heavy atom. The van der Waals surface area contributed by atoms with E-state index >= 15 is 0 Å². The molecule has 0 unspecified atom stereocenters. The van der Waals surface area contributed by atoms with Gasteiger partial charge in [0.05, 0.1) is 49.0 Å². The summed E-state index contributed by atoms with van der Waals surface area (Å²) in [6.07, 6.45) is 5.53. The highest BCUT2D eigenvalue weighted by Gasteiger charge is 2.31. The molecule has 11 nitrogen and oxygen atoms in total. The number of piperidine rings is 1. The van der Waals surface area contributed by atoms with Gasteiger partial charge >= 0.3 is 0 Å². The summed E-state index contributed by atoms with van der Waals surface area (Å²) < 4.78 is 12.8. The average Bonchev–Trinajstić information content (AvgIpc) is 3.55. The first-order valence-electron chi connectivity index (χ1n) is 12.6. The van der Waals surface area contributed by atoms with Gasteiger partial charge < -0.3 is 24.3 Å². The number of carbonyl (C=O) groups is 1. The molecule has 3 aliphatic rings. The maximum Gasteiger partial charge on any atom is 0.289 e. The Bertz CT molecular complexity index is 1240. The number of ether oxygens (including phenoxy) is 2. The van der Waals surface area contributed by atoms with Gasteiger partial charge in [0.1, 0.15) is 5.52 Å². The van der Waals surface area contributed by atoms with Gasteiger partial charge in [0.25, 0.3) is 5.91 Å². The topological polar surface area (TPSA) is 105 Å². The molecule has 0 radical (unpaired) electrons. The van der Waals surface area contributed by atoms with Crippen molar-refractivity contribution >= 4 is 34.4 Å². The second-order valence-corrected chi connectivity index (χ2v) is 9.96. The van der Waals surface area contributed by atoms with E-state index in [1.54, 1.807) is 10.9 Å². The number of pyridine rings is 1. The standard InChI is InChI=1S/C24H31ClN8O3/c1-30-15-16(14-26-30)19-18(25)21(32-8-12-36-13-9-32)20-22(27-19)29-23(28-20)24(34)33-4-2-17(3-5-33)31-6-10-35-11-7-31/h14-15,17H,2-13H2,1H3,(H,27,28,29). The second-order valence-electron chi connectivity index (χ2n) is 9.58. The third-order valence-electron chi connectivity index (χ3n) is 7.38. The number of aromatic nitrogens is 5. The summed E-state index contributed by atoms with van der Waals surface area (Å²) in [5, 5.41) is 4.80. The first-order valence-corrected chi connectivity index (χ1v) is 13.0. The second kappa shape index (κ2) is 9.97. The number of nitrogens with zero attached hydrogens (tertiary/aromatic N) is 7. The maximum atomic E-state index is 13.5. The highest BCUT2D eigenvalue weighted by molar-refractivity contribution is 6.37. The van der Waals surface area contributed by atoms with E-state index in [-0.39, 0.29) is 5.91 Å². The van der Waals surface area contributed by atoms with Crippen LogP contribution < -0.4 is 4.90 Å². The lowest BCUT2D eigenvalue weighted by Crippen LogP contribution is -2.50. The number of aryl methyl sites for hydroxylation is 1. The fraction of sp³-hybridized carbons (Fsp3) is 0.583. The van der Waals surface area contributed by atoms with Crippen LogP contribution in [0.5, 0.6) is 0 Å². The predicted molar refractivity (Wildman–Crippen MR) is 135 cm³/mol. The van der Waals surface area contributed by atoms with E-state index in [4.69, 9.17) is 26.1 Å². The summed E-state index contributed by atoms with van der Waals surface area (Å²) in [4.78, 5) is 32.7. The zero-order valence-corrected chi connectivity index (χ0v) is 21.2. The number of nitrogens with one attached hydrogen (secondary N) is 1. The van der Waals surface area contributed by atoms with Crippen molar-refractivity contribution in [3.05, 3.63) is 23.2 Å². The fourth-order valence-corrected chi connectivity index (χ4v) is 5.80. The number of H-pyrrole nitrogens is 1. The minimum absolute atomic E-state index is 0.0968. The molecule has 3 aromatic rings. The van der Waals surface area contributed by atoms with Crippen LogP contribution in [0.2, 0.25) is 5.02 Å². The SMILES string of the molecule is Cn1cc(-c2nc3nc(C(=O)N4CCC(N5CCOCC5)CC4)[nH]c3c(N3CCOCC3)c2Cl)cn1. The molecule has 6 heterocycles. The van der Waals surface area contributed by atoms with E-state index in [1.807, 2.05) is 18.1 Å². The minimum atomic E-state index is -0.0968. The van der Waals surface area contributed by atoms with E-state index in [1.165, 1.54) is 0 Å². The Balaban J connectivity index is 1.30. The van der Waals surface area contributed by atoms with Crippen LogP contribution in [0.15, 0.2) is 12.4 Å². The highest BCUT2D eigenvalue weighted by Crippen LogP contribution is 2.39. The van der Waals surface area contributed by atoms with Crippen LogP contribution in [0.3, 0.4) is 0 Å². The van der Waals surface area contributed by atoms with Crippen LogP contribution in [0.1, 0.15) is 23.5 Å². The fourth-order valence-electron chi connectivity index (χ4n) is 5.43. The van der Waals surface area contributed by atoms with Gasteiger partial charge in [-0.25, -0.2) is 9.97 Å². The van der Waals surface area contributed by atoms with Crippen molar-refractivity contribution < 1.29 is 14.3 Å². The number of likely N-dealkylation sites (tertiary alicyclic amines) is 1. The van der Waals surface area contributed by atoms with Gasteiger partial charge in [-0.05, 0) is 12.8 Å². The van der Waals surface area contributed by atoms with Crippen molar-refractivity contribution in [3.63, 3.8) is 0 Å². The lowest BCUT2D eigenvalue weighted by molar-refractivity contribution is 0.00147. The number of rotatable bonds is 4. The van der Waals surface area contributed by atoms with Gasteiger partial charge in [0.15, 0.2) is 11.5 Å². The van der Waals surface area contributed by atoms with Gasteiger partial charge in [0.2, 0.25) is 0 Å². The maximum absolute atomic E-state index is 13.5. The molecule has 0 bridgehead atoms. The van der Waals surface area contributed by atoms with Crippen molar-refractivity contribution in [2.24, 2.45) is 7.05 Å². The summed E-state index contributed by atoms with van der Waals surface area (Å²) in [5.41, 5.74) is 3.38. The molecular weight excluding hydrogens is 484 g/mol. The molecule has 36 heavy (non-hydrogen) atoms. The lowest BCUT2D eigenvalue weighted by Gasteiger charge is -2.39. The molecule has 192 valence electrons. The normalized spacial score (nSPS) is 20.4. The van der Waals surface area contributed by atoms with Crippen LogP contribution in [0.4, 0.5) is 5.69 Å². The van der Waals surface area contributed by atoms with Crippen molar-refractivity contribution in [1.82, 2.24) is 34.5 Å². The van der Waals surface area contributed by atoms with Crippen molar-refractivity contribution in [2.75, 3.05) is 70.6 Å². The average molecular weight is 515 g/mol. The zero-order valence-electron chi connectivity index (χ0n) is 20.5. The van der Waals surface area contributed by atoms with Gasteiger partial charge in [-0.2, -0.15) is 5.10 Å². The molecule has 3 saturated heterocycles. The molecule has 3 aromatic heterocycles. The number of anilines is 1. The number of morpholine rings is 2. The van der Waals surface area contributed by atoms with E-state index in [9.17, 15) is 4.79 Å². The molecule has 12 heteroatoms. The van der Waals surface area contributed by atoms with Crippen LogP contribution in [-0.4, -0.2) is 112 Å². The Kier molecular flexibility index (Phi) is 6.55. The lowest BCUT2D eigenvalue weighted by atomic mass is 10.0. The Labute approximate surface area is 214 Å². The third-order valence-corrected chi connectivity index (χ3v) is 7.74. The van der Waals surface area contributed by atoms with Crippen LogP contribution >= 0.6 is 11.6 Å². The van der Waals surface area contributed by atoms with Gasteiger partial charge in [-0.3, -0.25) is 14.4 Å². The molecular formula is C24H31ClN8O3. The Hall–Kier alpha value is -2.73. The smallest absolute Gasteiger partial charge is 0.289 e. The first-order chi connectivity index (χ1) is 17.6. The van der Waals surface area contributed by atoms with E-state index in [0.717, 1.165) is 50.4 Å². The molecule has 6 rings (SSSR count). The van der Waals surface area contributed by atoms with Gasteiger partial charge in [-0.15, -0.1) is 0 Å². The van der Waals surface area contributed by atoms with Gasteiger partial charge in [0, 0.05) is 64.1 Å². The van der Waals surface area contributed by atoms with E-state index < -0.39 is 0 Å². The van der Waals surface area contributed by atoms with Crippen LogP contribution in [-0.2, 0) is 16.5 Å². The van der Waals surface area contributed by atoms with Gasteiger partial charge in [-0.1, -0.05) is 11.6 Å². The molecule has 0 aromatic carbocycles. The third kappa shape index (κ3) is 4.45. The van der Waals surface area contributed by atoms with E-state index in [0.29, 0.717) is 73.1 Å². The number of fused-ring (bicyclic) bond motifs is 1. The largest absolute Gasteiger partial charge is 0.379 e. The van der Waals surface area contributed by atoms with Crippen LogP contribution in [0.25, 0.3) is 22.4 Å².